The number of likely N-dealkylation sites (tertiary alicyclic amines) is 1. The van der Waals surface area contributed by atoms with Gasteiger partial charge in [-0.2, -0.15) is 13.2 Å². The molecule has 3 rings (SSSR count). The smallest absolute Gasteiger partial charge is 0.417 e. The molecule has 0 aliphatic carbocycles. The van der Waals surface area contributed by atoms with Crippen molar-refractivity contribution in [3.05, 3.63) is 45.8 Å². The first-order valence-corrected chi connectivity index (χ1v) is 8.75. The third-order valence-electron chi connectivity index (χ3n) is 4.02. The van der Waals surface area contributed by atoms with Crippen LogP contribution in [0, 0.1) is 6.92 Å². The summed E-state index contributed by atoms with van der Waals surface area (Å²) in [7, 11) is 0. The number of nitrogens with zero attached hydrogens (tertiary/aromatic N) is 2. The Labute approximate surface area is 147 Å². The van der Waals surface area contributed by atoms with Crippen molar-refractivity contribution in [2.24, 2.45) is 0 Å². The molecule has 0 aromatic carbocycles. The van der Waals surface area contributed by atoms with Crippen molar-refractivity contribution in [1.29, 1.82) is 0 Å². The molecule has 1 amide bonds. The molecule has 0 unspecified atom stereocenters. The zero-order chi connectivity index (χ0) is 18.0. The van der Waals surface area contributed by atoms with Gasteiger partial charge in [-0.3, -0.25) is 4.79 Å². The van der Waals surface area contributed by atoms with Gasteiger partial charge in [-0.15, -0.1) is 11.3 Å². The molecule has 0 N–H and O–H groups in total. The summed E-state index contributed by atoms with van der Waals surface area (Å²) >= 11 is 1.43. The Morgan fingerprint density at radius 2 is 2.04 bits per heavy atom. The van der Waals surface area contributed by atoms with E-state index < -0.39 is 11.7 Å². The summed E-state index contributed by atoms with van der Waals surface area (Å²) in [5.41, 5.74) is 0.270. The van der Waals surface area contributed by atoms with Crippen molar-refractivity contribution < 1.29 is 22.7 Å². The molecular formula is C17H17F3N2O2S. The molecule has 0 saturated carbocycles. The molecule has 0 spiro atoms. The van der Waals surface area contributed by atoms with E-state index in [1.165, 1.54) is 17.4 Å². The summed E-state index contributed by atoms with van der Waals surface area (Å²) in [5, 5.41) is 1.94. The van der Waals surface area contributed by atoms with Gasteiger partial charge >= 0.3 is 6.18 Å². The lowest BCUT2D eigenvalue weighted by atomic mass is 10.1. The predicted octanol–water partition coefficient (Wildman–Crippen LogP) is 4.15. The summed E-state index contributed by atoms with van der Waals surface area (Å²) in [5.74, 6) is 0.191. The van der Waals surface area contributed by atoms with E-state index in [9.17, 15) is 18.0 Å². The van der Waals surface area contributed by atoms with Gasteiger partial charge in [-0.25, -0.2) is 4.98 Å². The predicted molar refractivity (Wildman–Crippen MR) is 87.8 cm³/mol. The number of pyridine rings is 1. The maximum absolute atomic E-state index is 12.5. The van der Waals surface area contributed by atoms with Crippen LogP contribution in [0.2, 0.25) is 0 Å². The fourth-order valence-corrected chi connectivity index (χ4v) is 3.53. The van der Waals surface area contributed by atoms with Gasteiger partial charge in [0.05, 0.1) is 10.4 Å². The molecule has 0 bridgehead atoms. The van der Waals surface area contributed by atoms with Crippen LogP contribution in [0.15, 0.2) is 29.8 Å². The van der Waals surface area contributed by atoms with Crippen LogP contribution >= 0.6 is 11.3 Å². The molecule has 1 aliphatic heterocycles. The SMILES string of the molecule is Cc1csc(C(=O)N2CCC(Oc3ccc(C(F)(F)F)cn3)CC2)c1. The van der Waals surface area contributed by atoms with Crippen LogP contribution in [0.1, 0.15) is 33.6 Å². The van der Waals surface area contributed by atoms with Gasteiger partial charge in [0.25, 0.3) is 5.91 Å². The molecule has 1 aliphatic rings. The number of carbonyl (C=O) groups is 1. The van der Waals surface area contributed by atoms with Crippen molar-refractivity contribution in [2.45, 2.75) is 32.0 Å². The van der Waals surface area contributed by atoms with Gasteiger partial charge < -0.3 is 9.64 Å². The number of carbonyl (C=O) groups excluding carboxylic acids is 1. The number of alkyl halides is 3. The first-order valence-electron chi connectivity index (χ1n) is 7.87. The van der Waals surface area contributed by atoms with Crippen LogP contribution in [-0.4, -0.2) is 35.0 Å². The number of ether oxygens (including phenoxy) is 1. The van der Waals surface area contributed by atoms with E-state index in [1.54, 1.807) is 4.90 Å². The van der Waals surface area contributed by atoms with Crippen molar-refractivity contribution in [3.63, 3.8) is 0 Å². The highest BCUT2D eigenvalue weighted by Crippen LogP contribution is 2.29. The van der Waals surface area contributed by atoms with Crippen LogP contribution in [0.4, 0.5) is 13.2 Å². The molecule has 0 radical (unpaired) electrons. The minimum Gasteiger partial charge on any atom is -0.474 e. The summed E-state index contributed by atoms with van der Waals surface area (Å²) in [6.07, 6.45) is -2.54. The van der Waals surface area contributed by atoms with Gasteiger partial charge in [0.15, 0.2) is 0 Å². The van der Waals surface area contributed by atoms with E-state index in [0.717, 1.165) is 22.7 Å². The van der Waals surface area contributed by atoms with E-state index in [2.05, 4.69) is 4.98 Å². The highest BCUT2D eigenvalue weighted by Gasteiger charge is 2.31. The zero-order valence-corrected chi connectivity index (χ0v) is 14.4. The molecule has 3 heterocycles. The van der Waals surface area contributed by atoms with Gasteiger partial charge in [0.1, 0.15) is 6.10 Å². The zero-order valence-electron chi connectivity index (χ0n) is 13.5. The molecule has 0 atom stereocenters. The van der Waals surface area contributed by atoms with Crippen molar-refractivity contribution in [1.82, 2.24) is 9.88 Å². The van der Waals surface area contributed by atoms with E-state index in [1.807, 2.05) is 18.4 Å². The third-order valence-corrected chi connectivity index (χ3v) is 5.06. The lowest BCUT2D eigenvalue weighted by Crippen LogP contribution is -2.41. The Morgan fingerprint density at radius 3 is 2.56 bits per heavy atom. The topological polar surface area (TPSA) is 42.4 Å². The Kier molecular flexibility index (Phi) is 4.99. The second-order valence-electron chi connectivity index (χ2n) is 5.98. The number of aromatic nitrogens is 1. The molecule has 2 aromatic rings. The highest BCUT2D eigenvalue weighted by atomic mass is 32.1. The average Bonchev–Trinajstić information content (AvgIpc) is 3.01. The second kappa shape index (κ2) is 7.03. The molecule has 134 valence electrons. The number of thiophene rings is 1. The van der Waals surface area contributed by atoms with Gasteiger partial charge in [0, 0.05) is 38.2 Å². The van der Waals surface area contributed by atoms with Crippen LogP contribution in [0.5, 0.6) is 5.88 Å². The summed E-state index contributed by atoms with van der Waals surface area (Å²) in [4.78, 5) is 18.6. The second-order valence-corrected chi connectivity index (χ2v) is 6.89. The Morgan fingerprint density at radius 1 is 1.32 bits per heavy atom. The number of piperidine rings is 1. The first kappa shape index (κ1) is 17.7. The Balaban J connectivity index is 1.53. The van der Waals surface area contributed by atoms with Gasteiger partial charge in [-0.1, -0.05) is 0 Å². The summed E-state index contributed by atoms with van der Waals surface area (Å²) in [6.45, 7) is 3.06. The Bertz CT molecular complexity index is 735. The number of hydrogen-bond donors (Lipinski definition) is 0. The summed E-state index contributed by atoms with van der Waals surface area (Å²) < 4.78 is 43.2. The van der Waals surface area contributed by atoms with Crippen LogP contribution < -0.4 is 4.74 Å². The van der Waals surface area contributed by atoms with E-state index in [0.29, 0.717) is 25.9 Å². The van der Waals surface area contributed by atoms with E-state index in [-0.39, 0.29) is 17.9 Å². The van der Waals surface area contributed by atoms with Crippen LogP contribution in [0.25, 0.3) is 0 Å². The maximum atomic E-state index is 12.5. The number of halogens is 3. The first-order chi connectivity index (χ1) is 11.8. The summed E-state index contributed by atoms with van der Waals surface area (Å²) in [6, 6.07) is 4.07. The molecule has 8 heteroatoms. The number of amides is 1. The van der Waals surface area contributed by atoms with Crippen molar-refractivity contribution >= 4 is 17.2 Å². The molecule has 1 fully saturated rings. The lowest BCUT2D eigenvalue weighted by molar-refractivity contribution is -0.137. The number of hydrogen-bond acceptors (Lipinski definition) is 4. The molecule has 4 nitrogen and oxygen atoms in total. The van der Waals surface area contributed by atoms with Crippen LogP contribution in [0.3, 0.4) is 0 Å². The minimum absolute atomic E-state index is 0.0178. The molecule has 1 saturated heterocycles. The van der Waals surface area contributed by atoms with Gasteiger partial charge in [-0.05, 0) is 30.0 Å². The van der Waals surface area contributed by atoms with Crippen LogP contribution in [-0.2, 0) is 6.18 Å². The molecular weight excluding hydrogens is 353 g/mol. The third kappa shape index (κ3) is 4.31. The average molecular weight is 370 g/mol. The van der Waals surface area contributed by atoms with Crippen molar-refractivity contribution in [2.75, 3.05) is 13.1 Å². The monoisotopic (exact) mass is 370 g/mol. The fraction of sp³-hybridized carbons (Fsp3) is 0.412. The minimum atomic E-state index is -4.41. The fourth-order valence-electron chi connectivity index (χ4n) is 2.66. The normalized spacial score (nSPS) is 16.1. The quantitative estimate of drug-likeness (QED) is 0.815. The number of aryl methyl sites for hydroxylation is 1. The Hall–Kier alpha value is -2.09. The molecule has 25 heavy (non-hydrogen) atoms. The maximum Gasteiger partial charge on any atom is 0.417 e. The van der Waals surface area contributed by atoms with E-state index >= 15 is 0 Å². The standard InChI is InChI=1S/C17H17F3N2O2S/c1-11-8-14(25-10-11)16(23)22-6-4-13(5-7-22)24-15-3-2-12(9-21-15)17(18,19)20/h2-3,8-10,13H,4-7H2,1H3. The highest BCUT2D eigenvalue weighted by molar-refractivity contribution is 7.12. The van der Waals surface area contributed by atoms with E-state index in [4.69, 9.17) is 4.74 Å². The number of rotatable bonds is 3. The van der Waals surface area contributed by atoms with Gasteiger partial charge in [0.2, 0.25) is 5.88 Å². The lowest BCUT2D eigenvalue weighted by Gasteiger charge is -2.31. The largest absolute Gasteiger partial charge is 0.474 e. The molecule has 2 aromatic heterocycles. The van der Waals surface area contributed by atoms with Crippen molar-refractivity contribution in [3.8, 4) is 5.88 Å².